The maximum atomic E-state index is 12.1. The number of hydrogen-bond acceptors (Lipinski definition) is 5. The number of rotatable bonds is 7. The molecule has 2 aromatic rings. The fraction of sp³-hybridized carbons (Fsp3) is 0.158. The van der Waals surface area contributed by atoms with Gasteiger partial charge in [-0.25, -0.2) is 4.79 Å². The van der Waals surface area contributed by atoms with Gasteiger partial charge in [0.2, 0.25) is 0 Å². The third kappa shape index (κ3) is 6.35. The molecule has 0 bridgehead atoms. The Balaban J connectivity index is 1.89. The van der Waals surface area contributed by atoms with Crippen LogP contribution in [0.1, 0.15) is 11.1 Å². The van der Waals surface area contributed by atoms with Gasteiger partial charge in [0.05, 0.1) is 13.5 Å². The molecule has 0 aliphatic heterocycles. The Morgan fingerprint density at radius 1 is 1.00 bits per heavy atom. The van der Waals surface area contributed by atoms with E-state index in [1.807, 2.05) is 0 Å². The van der Waals surface area contributed by atoms with Crippen molar-refractivity contribution < 1.29 is 32.6 Å². The SMILES string of the molecule is COC(=O)Cc1ccc(OC(=O)/C=C/c2ccc(OC(F)F)cc2)cc1. The van der Waals surface area contributed by atoms with Gasteiger partial charge in [-0.05, 0) is 41.5 Å². The molecule has 0 aliphatic carbocycles. The van der Waals surface area contributed by atoms with E-state index in [0.717, 1.165) is 5.56 Å². The highest BCUT2D eigenvalue weighted by molar-refractivity contribution is 5.88. The number of halogens is 2. The molecule has 136 valence electrons. The summed E-state index contributed by atoms with van der Waals surface area (Å²) in [6.45, 7) is -2.88. The highest BCUT2D eigenvalue weighted by atomic mass is 19.3. The normalized spacial score (nSPS) is 10.8. The number of esters is 2. The third-order valence-corrected chi connectivity index (χ3v) is 3.24. The standard InChI is InChI=1S/C19H16F2O5/c1-24-18(23)12-14-4-9-15(10-5-14)25-17(22)11-6-13-2-7-16(8-3-13)26-19(20)21/h2-11,19H,12H2,1H3/b11-6+. The molecule has 0 heterocycles. The van der Waals surface area contributed by atoms with Crippen LogP contribution in [-0.4, -0.2) is 25.7 Å². The van der Waals surface area contributed by atoms with Gasteiger partial charge in [-0.2, -0.15) is 8.78 Å². The summed E-state index contributed by atoms with van der Waals surface area (Å²) in [5.74, 6) is -0.595. The molecule has 0 aromatic heterocycles. The van der Waals surface area contributed by atoms with Crippen LogP contribution in [0.15, 0.2) is 54.6 Å². The average Bonchev–Trinajstić information content (AvgIpc) is 2.62. The van der Waals surface area contributed by atoms with Crippen molar-refractivity contribution in [3.05, 3.63) is 65.7 Å². The molecule has 26 heavy (non-hydrogen) atoms. The quantitative estimate of drug-likeness (QED) is 0.428. The summed E-state index contributed by atoms with van der Waals surface area (Å²) in [5.41, 5.74) is 1.36. The Bertz CT molecular complexity index is 768. The predicted octanol–water partition coefficient (Wildman–Crippen LogP) is 3.62. The molecule has 0 N–H and O–H groups in total. The molecule has 7 heteroatoms. The van der Waals surface area contributed by atoms with E-state index in [0.29, 0.717) is 11.3 Å². The minimum atomic E-state index is -2.88. The first-order valence-corrected chi connectivity index (χ1v) is 7.57. The highest BCUT2D eigenvalue weighted by Gasteiger charge is 2.05. The molecule has 0 atom stereocenters. The monoisotopic (exact) mass is 362 g/mol. The summed E-state index contributed by atoms with van der Waals surface area (Å²) in [5, 5.41) is 0. The molecule has 2 aromatic carbocycles. The topological polar surface area (TPSA) is 61.8 Å². The van der Waals surface area contributed by atoms with Crippen LogP contribution in [0.5, 0.6) is 11.5 Å². The van der Waals surface area contributed by atoms with Crippen LogP contribution in [0.25, 0.3) is 6.08 Å². The number of alkyl halides is 2. The van der Waals surface area contributed by atoms with E-state index in [1.165, 1.54) is 43.5 Å². The number of hydrogen-bond donors (Lipinski definition) is 0. The van der Waals surface area contributed by atoms with Crippen molar-refractivity contribution in [2.24, 2.45) is 0 Å². The first kappa shape index (κ1) is 19.1. The Labute approximate surface area is 148 Å². The Morgan fingerprint density at radius 2 is 1.62 bits per heavy atom. The zero-order valence-corrected chi connectivity index (χ0v) is 13.9. The van der Waals surface area contributed by atoms with Gasteiger partial charge in [0.15, 0.2) is 0 Å². The van der Waals surface area contributed by atoms with Crippen LogP contribution in [-0.2, 0) is 20.7 Å². The number of benzene rings is 2. The Kier molecular flexibility index (Phi) is 6.84. The van der Waals surface area contributed by atoms with Crippen molar-refractivity contribution in [2.75, 3.05) is 7.11 Å². The van der Waals surface area contributed by atoms with Crippen molar-refractivity contribution in [2.45, 2.75) is 13.0 Å². The lowest BCUT2D eigenvalue weighted by molar-refractivity contribution is -0.139. The van der Waals surface area contributed by atoms with Crippen LogP contribution in [0, 0.1) is 0 Å². The fourth-order valence-electron chi connectivity index (χ4n) is 1.99. The van der Waals surface area contributed by atoms with Gasteiger partial charge in [0.25, 0.3) is 0 Å². The largest absolute Gasteiger partial charge is 0.469 e. The minimum absolute atomic E-state index is 0.0340. The van der Waals surface area contributed by atoms with Gasteiger partial charge in [-0.3, -0.25) is 4.79 Å². The van der Waals surface area contributed by atoms with E-state index in [-0.39, 0.29) is 18.1 Å². The van der Waals surface area contributed by atoms with Crippen molar-refractivity contribution in [3.63, 3.8) is 0 Å². The van der Waals surface area contributed by atoms with Crippen molar-refractivity contribution in [3.8, 4) is 11.5 Å². The molecule has 5 nitrogen and oxygen atoms in total. The summed E-state index contributed by atoms with van der Waals surface area (Å²) < 4.78 is 38.1. The molecule has 0 fully saturated rings. The lowest BCUT2D eigenvalue weighted by Gasteiger charge is -2.04. The maximum absolute atomic E-state index is 12.1. The second kappa shape index (κ2) is 9.31. The number of methoxy groups -OCH3 is 1. The van der Waals surface area contributed by atoms with Gasteiger partial charge >= 0.3 is 18.6 Å². The smallest absolute Gasteiger partial charge is 0.387 e. The molecule has 0 saturated carbocycles. The lowest BCUT2D eigenvalue weighted by Crippen LogP contribution is -2.05. The molecule has 0 aliphatic rings. The summed E-state index contributed by atoms with van der Waals surface area (Å²) >= 11 is 0. The van der Waals surface area contributed by atoms with E-state index in [4.69, 9.17) is 4.74 Å². The van der Waals surface area contributed by atoms with E-state index in [2.05, 4.69) is 9.47 Å². The van der Waals surface area contributed by atoms with Crippen LogP contribution in [0.2, 0.25) is 0 Å². The van der Waals surface area contributed by atoms with E-state index >= 15 is 0 Å². The summed E-state index contributed by atoms with van der Waals surface area (Å²) in [6, 6.07) is 12.3. The second-order valence-corrected chi connectivity index (χ2v) is 5.10. The summed E-state index contributed by atoms with van der Waals surface area (Å²) in [7, 11) is 1.31. The number of ether oxygens (including phenoxy) is 3. The fourth-order valence-corrected chi connectivity index (χ4v) is 1.99. The van der Waals surface area contributed by atoms with Gasteiger partial charge in [0, 0.05) is 6.08 Å². The van der Waals surface area contributed by atoms with Gasteiger partial charge < -0.3 is 14.2 Å². The number of carbonyl (C=O) groups is 2. The molecule has 2 rings (SSSR count). The molecular weight excluding hydrogens is 346 g/mol. The first-order valence-electron chi connectivity index (χ1n) is 7.57. The van der Waals surface area contributed by atoms with Gasteiger partial charge in [-0.15, -0.1) is 0 Å². The summed E-state index contributed by atoms with van der Waals surface area (Å²) in [4.78, 5) is 23.0. The third-order valence-electron chi connectivity index (χ3n) is 3.24. The summed E-state index contributed by atoms with van der Waals surface area (Å²) in [6.07, 6.45) is 2.83. The van der Waals surface area contributed by atoms with Crippen LogP contribution in [0.3, 0.4) is 0 Å². The maximum Gasteiger partial charge on any atom is 0.387 e. The van der Waals surface area contributed by atoms with Crippen LogP contribution < -0.4 is 9.47 Å². The van der Waals surface area contributed by atoms with Crippen molar-refractivity contribution >= 4 is 18.0 Å². The zero-order chi connectivity index (χ0) is 18.9. The van der Waals surface area contributed by atoms with Crippen molar-refractivity contribution in [1.29, 1.82) is 0 Å². The average molecular weight is 362 g/mol. The molecular formula is C19H16F2O5. The minimum Gasteiger partial charge on any atom is -0.469 e. The zero-order valence-electron chi connectivity index (χ0n) is 13.9. The lowest BCUT2D eigenvalue weighted by atomic mass is 10.1. The van der Waals surface area contributed by atoms with E-state index in [1.54, 1.807) is 24.3 Å². The Hall–Kier alpha value is -3.22. The van der Waals surface area contributed by atoms with Crippen molar-refractivity contribution in [1.82, 2.24) is 0 Å². The van der Waals surface area contributed by atoms with Crippen LogP contribution in [0.4, 0.5) is 8.78 Å². The Morgan fingerprint density at radius 3 is 2.19 bits per heavy atom. The second-order valence-electron chi connectivity index (χ2n) is 5.10. The molecule has 0 unspecified atom stereocenters. The van der Waals surface area contributed by atoms with Crippen LogP contribution >= 0.6 is 0 Å². The molecule has 0 radical (unpaired) electrons. The van der Waals surface area contributed by atoms with E-state index < -0.39 is 12.6 Å². The first-order chi connectivity index (χ1) is 12.5. The van der Waals surface area contributed by atoms with Gasteiger partial charge in [0.1, 0.15) is 11.5 Å². The number of carbonyl (C=O) groups excluding carboxylic acids is 2. The molecule has 0 saturated heterocycles. The van der Waals surface area contributed by atoms with Gasteiger partial charge in [-0.1, -0.05) is 24.3 Å². The van der Waals surface area contributed by atoms with E-state index in [9.17, 15) is 18.4 Å². The highest BCUT2D eigenvalue weighted by Crippen LogP contribution is 2.16. The molecule has 0 amide bonds. The molecule has 0 spiro atoms. The predicted molar refractivity (Wildman–Crippen MR) is 89.9 cm³/mol.